The van der Waals surface area contributed by atoms with Crippen LogP contribution in [0.25, 0.3) is 0 Å². The lowest BCUT2D eigenvalue weighted by atomic mass is 10.2. The van der Waals surface area contributed by atoms with Gasteiger partial charge in [-0.1, -0.05) is 35.3 Å². The molecule has 0 aliphatic rings. The lowest BCUT2D eigenvalue weighted by molar-refractivity contribution is -0.120. The number of carbonyl (C=O) groups is 1. The summed E-state index contributed by atoms with van der Waals surface area (Å²) in [4.78, 5) is 13.0. The topological polar surface area (TPSA) is 38.3 Å². The zero-order chi connectivity index (χ0) is 16.8. The molecule has 2 aromatic rings. The summed E-state index contributed by atoms with van der Waals surface area (Å²) in [6.45, 7) is 2.28. The Balaban J connectivity index is 1.93. The van der Waals surface area contributed by atoms with Gasteiger partial charge in [0.1, 0.15) is 5.75 Å². The summed E-state index contributed by atoms with van der Waals surface area (Å²) in [7, 11) is 1.62. The first-order valence-corrected chi connectivity index (χ1v) is 8.65. The van der Waals surface area contributed by atoms with Crippen molar-refractivity contribution in [2.75, 3.05) is 7.11 Å². The van der Waals surface area contributed by atoms with Crippen molar-refractivity contribution in [1.82, 2.24) is 5.32 Å². The van der Waals surface area contributed by atoms with Crippen molar-refractivity contribution in [1.29, 1.82) is 0 Å². The second-order valence-electron chi connectivity index (χ2n) is 4.90. The number of hydrogen-bond donors (Lipinski definition) is 1. The van der Waals surface area contributed by atoms with Gasteiger partial charge in [-0.15, -0.1) is 11.8 Å². The fraction of sp³-hybridized carbons (Fsp3) is 0.235. The maximum atomic E-state index is 12.2. The fourth-order valence-corrected chi connectivity index (χ4v) is 3.36. The van der Waals surface area contributed by atoms with Crippen LogP contribution in [0.3, 0.4) is 0 Å². The number of halogens is 2. The Labute approximate surface area is 150 Å². The van der Waals surface area contributed by atoms with Crippen molar-refractivity contribution in [3.05, 3.63) is 58.1 Å². The lowest BCUT2D eigenvalue weighted by Crippen LogP contribution is -2.30. The number of rotatable bonds is 6. The molecule has 0 bridgehead atoms. The van der Waals surface area contributed by atoms with Gasteiger partial charge in [0.2, 0.25) is 5.91 Å². The second kappa shape index (κ2) is 8.48. The predicted octanol–water partition coefficient (Wildman–Crippen LogP) is 4.80. The number of hydrogen-bond acceptors (Lipinski definition) is 3. The maximum absolute atomic E-state index is 12.2. The van der Waals surface area contributed by atoms with Crippen molar-refractivity contribution in [2.45, 2.75) is 23.6 Å². The third kappa shape index (κ3) is 5.34. The van der Waals surface area contributed by atoms with Gasteiger partial charge < -0.3 is 10.1 Å². The minimum Gasteiger partial charge on any atom is -0.497 e. The highest BCUT2D eigenvalue weighted by Crippen LogP contribution is 2.32. The zero-order valence-corrected chi connectivity index (χ0v) is 15.1. The molecule has 0 spiro atoms. The van der Waals surface area contributed by atoms with E-state index in [1.807, 2.05) is 31.2 Å². The van der Waals surface area contributed by atoms with Crippen LogP contribution in [0.2, 0.25) is 10.0 Å². The summed E-state index contributed by atoms with van der Waals surface area (Å²) in [5.74, 6) is 0.707. The van der Waals surface area contributed by atoms with E-state index in [1.54, 1.807) is 25.3 Å². The quantitative estimate of drug-likeness (QED) is 0.743. The lowest BCUT2D eigenvalue weighted by Gasteiger charge is -2.13. The number of methoxy groups -OCH3 is 1. The molecule has 0 aromatic heterocycles. The number of ether oxygens (including phenoxy) is 1. The molecule has 6 heteroatoms. The molecule has 0 aliphatic heterocycles. The highest BCUT2D eigenvalue weighted by molar-refractivity contribution is 8.00. The molecule has 0 saturated carbocycles. The van der Waals surface area contributed by atoms with E-state index in [2.05, 4.69) is 5.32 Å². The zero-order valence-electron chi connectivity index (χ0n) is 12.8. The minimum absolute atomic E-state index is 0.0612. The minimum atomic E-state index is -0.281. The van der Waals surface area contributed by atoms with Crippen molar-refractivity contribution in [3.8, 4) is 5.75 Å². The molecule has 0 saturated heterocycles. The smallest absolute Gasteiger partial charge is 0.233 e. The van der Waals surface area contributed by atoms with E-state index in [-0.39, 0.29) is 11.2 Å². The number of amides is 1. The first-order chi connectivity index (χ1) is 11.0. The second-order valence-corrected chi connectivity index (χ2v) is 7.13. The number of benzene rings is 2. The molecule has 3 nitrogen and oxygen atoms in total. The molecule has 23 heavy (non-hydrogen) atoms. The van der Waals surface area contributed by atoms with Gasteiger partial charge in [0, 0.05) is 16.5 Å². The van der Waals surface area contributed by atoms with E-state index in [4.69, 9.17) is 27.9 Å². The molecule has 2 rings (SSSR count). The number of carbonyl (C=O) groups excluding carboxylic acids is 1. The van der Waals surface area contributed by atoms with Crippen LogP contribution in [-0.2, 0) is 11.3 Å². The monoisotopic (exact) mass is 369 g/mol. The molecule has 0 aliphatic carbocycles. The van der Waals surface area contributed by atoms with Gasteiger partial charge in [0.05, 0.1) is 17.4 Å². The molecule has 0 radical (unpaired) electrons. The van der Waals surface area contributed by atoms with E-state index in [1.165, 1.54) is 11.8 Å². The average molecular weight is 370 g/mol. The standard InChI is InChI=1S/C17H17Cl2NO2S/c1-11(23-16-9-13(18)6-7-15(16)19)17(21)20-10-12-4-3-5-14(8-12)22-2/h3-9,11H,10H2,1-2H3,(H,20,21). The van der Waals surface area contributed by atoms with Crippen molar-refractivity contribution in [2.24, 2.45) is 0 Å². The molecule has 1 N–H and O–H groups in total. The Bertz CT molecular complexity index is 694. The van der Waals surface area contributed by atoms with Gasteiger partial charge in [-0.3, -0.25) is 4.79 Å². The van der Waals surface area contributed by atoms with E-state index in [9.17, 15) is 4.79 Å². The van der Waals surface area contributed by atoms with E-state index in [0.717, 1.165) is 16.2 Å². The van der Waals surface area contributed by atoms with Gasteiger partial charge in [-0.2, -0.15) is 0 Å². The summed E-state index contributed by atoms with van der Waals surface area (Å²) in [6, 6.07) is 12.8. The Morgan fingerprint density at radius 2 is 2.04 bits per heavy atom. The molecular weight excluding hydrogens is 353 g/mol. The summed E-state index contributed by atoms with van der Waals surface area (Å²) < 4.78 is 5.17. The molecule has 0 fully saturated rings. The largest absolute Gasteiger partial charge is 0.497 e. The van der Waals surface area contributed by atoms with E-state index in [0.29, 0.717) is 16.6 Å². The van der Waals surface area contributed by atoms with Gasteiger partial charge in [-0.25, -0.2) is 0 Å². The van der Waals surface area contributed by atoms with Crippen LogP contribution in [0.5, 0.6) is 5.75 Å². The summed E-state index contributed by atoms with van der Waals surface area (Å²) >= 11 is 13.5. The van der Waals surface area contributed by atoms with Gasteiger partial charge >= 0.3 is 0 Å². The van der Waals surface area contributed by atoms with Crippen LogP contribution in [-0.4, -0.2) is 18.3 Å². The fourth-order valence-electron chi connectivity index (χ4n) is 1.93. The molecule has 1 atom stereocenters. The number of thioether (sulfide) groups is 1. The molecule has 2 aromatic carbocycles. The molecule has 1 unspecified atom stereocenters. The van der Waals surface area contributed by atoms with Gasteiger partial charge in [0.15, 0.2) is 0 Å². The molecule has 1 amide bonds. The van der Waals surface area contributed by atoms with Crippen LogP contribution in [0.4, 0.5) is 0 Å². The van der Waals surface area contributed by atoms with Crippen LogP contribution < -0.4 is 10.1 Å². The third-order valence-electron chi connectivity index (χ3n) is 3.17. The highest BCUT2D eigenvalue weighted by Gasteiger charge is 2.16. The molecule has 0 heterocycles. The van der Waals surface area contributed by atoms with Crippen molar-refractivity contribution < 1.29 is 9.53 Å². The van der Waals surface area contributed by atoms with Crippen LogP contribution in [0, 0.1) is 0 Å². The molecule has 122 valence electrons. The van der Waals surface area contributed by atoms with Crippen LogP contribution in [0.1, 0.15) is 12.5 Å². The summed E-state index contributed by atoms with van der Waals surface area (Å²) in [5.41, 5.74) is 0.982. The van der Waals surface area contributed by atoms with Gasteiger partial charge in [0.25, 0.3) is 0 Å². The van der Waals surface area contributed by atoms with Crippen molar-refractivity contribution >= 4 is 40.9 Å². The Morgan fingerprint density at radius 3 is 2.78 bits per heavy atom. The normalized spacial score (nSPS) is 11.8. The average Bonchev–Trinajstić information content (AvgIpc) is 2.56. The first-order valence-electron chi connectivity index (χ1n) is 7.02. The molecular formula is C17H17Cl2NO2S. The SMILES string of the molecule is COc1cccc(CNC(=O)C(C)Sc2cc(Cl)ccc2Cl)c1. The Kier molecular flexibility index (Phi) is 6.63. The van der Waals surface area contributed by atoms with E-state index >= 15 is 0 Å². The van der Waals surface area contributed by atoms with E-state index < -0.39 is 0 Å². The van der Waals surface area contributed by atoms with Crippen molar-refractivity contribution in [3.63, 3.8) is 0 Å². The predicted molar refractivity (Wildman–Crippen MR) is 96.6 cm³/mol. The summed E-state index contributed by atoms with van der Waals surface area (Å²) in [5, 5.41) is 3.82. The number of nitrogens with one attached hydrogen (secondary N) is 1. The third-order valence-corrected chi connectivity index (χ3v) is 5.00. The Morgan fingerprint density at radius 1 is 1.26 bits per heavy atom. The Hall–Kier alpha value is -1.36. The summed E-state index contributed by atoms with van der Waals surface area (Å²) in [6.07, 6.45) is 0. The van der Waals surface area contributed by atoms with Gasteiger partial charge in [-0.05, 0) is 42.8 Å². The van der Waals surface area contributed by atoms with Crippen LogP contribution >= 0.6 is 35.0 Å². The van der Waals surface area contributed by atoms with Crippen LogP contribution in [0.15, 0.2) is 47.4 Å². The maximum Gasteiger partial charge on any atom is 0.233 e. The first kappa shape index (κ1) is 18.0. The highest BCUT2D eigenvalue weighted by atomic mass is 35.5.